The van der Waals surface area contributed by atoms with Gasteiger partial charge in [-0.25, -0.2) is 0 Å². The molecule has 0 aromatic carbocycles. The van der Waals surface area contributed by atoms with Crippen LogP contribution in [0.3, 0.4) is 0 Å². The molecule has 0 aliphatic rings. The molecule has 0 spiro atoms. The second kappa shape index (κ2) is 9.50. The molecule has 1 atom stereocenters. The Morgan fingerprint density at radius 1 is 1.29 bits per heavy atom. The third-order valence-corrected chi connectivity index (χ3v) is 3.19. The summed E-state index contributed by atoms with van der Waals surface area (Å²) in [5.74, 6) is 0.194. The van der Waals surface area contributed by atoms with Gasteiger partial charge in [0.15, 0.2) is 0 Å². The number of unbranched alkanes of at least 4 members (excludes halogenated alkanes) is 3. The van der Waals surface area contributed by atoms with Gasteiger partial charge in [-0.1, -0.05) is 49.0 Å². The molecule has 14 heavy (non-hydrogen) atoms. The Bertz CT molecular complexity index is 150. The Morgan fingerprint density at radius 3 is 2.57 bits per heavy atom. The molecule has 2 nitrogen and oxygen atoms in total. The summed E-state index contributed by atoms with van der Waals surface area (Å²) < 4.78 is 0. The van der Waals surface area contributed by atoms with Gasteiger partial charge in [0.2, 0.25) is 5.91 Å². The van der Waals surface area contributed by atoms with E-state index in [1.165, 1.54) is 19.3 Å². The second-order valence-corrected chi connectivity index (χ2v) is 4.92. The minimum atomic E-state index is 0.194. The van der Waals surface area contributed by atoms with E-state index in [-0.39, 0.29) is 5.91 Å². The number of carbonyl (C=O) groups excluding carboxylic acids is 1. The van der Waals surface area contributed by atoms with E-state index < -0.39 is 0 Å². The minimum absolute atomic E-state index is 0.194. The molecule has 0 rings (SSSR count). The van der Waals surface area contributed by atoms with Crippen LogP contribution in [-0.2, 0) is 4.79 Å². The first-order valence-electron chi connectivity index (χ1n) is 5.61. The topological polar surface area (TPSA) is 29.1 Å². The van der Waals surface area contributed by atoms with Crippen LogP contribution in [0.15, 0.2) is 0 Å². The Balaban J connectivity index is 3.28. The Labute approximate surface area is 96.0 Å². The quantitative estimate of drug-likeness (QED) is 0.529. The van der Waals surface area contributed by atoms with Gasteiger partial charge in [0.25, 0.3) is 0 Å². The van der Waals surface area contributed by atoms with Crippen molar-refractivity contribution in [1.82, 2.24) is 5.32 Å². The van der Waals surface area contributed by atoms with E-state index >= 15 is 0 Å². The molecule has 0 aromatic rings. The lowest BCUT2D eigenvalue weighted by molar-refractivity contribution is -0.121. The lowest BCUT2D eigenvalue weighted by Gasteiger charge is -2.08. The summed E-state index contributed by atoms with van der Waals surface area (Å²) in [5, 5.41) is 2.92. The Morgan fingerprint density at radius 2 is 2.00 bits per heavy atom. The molecular formula is C11H22BrNO. The van der Waals surface area contributed by atoms with E-state index in [1.54, 1.807) is 0 Å². The summed E-state index contributed by atoms with van der Waals surface area (Å²) in [6, 6.07) is 0. The highest BCUT2D eigenvalue weighted by Gasteiger charge is 2.04. The van der Waals surface area contributed by atoms with Crippen LogP contribution in [-0.4, -0.2) is 17.3 Å². The number of halogens is 1. The average Bonchev–Trinajstić information content (AvgIpc) is 2.21. The lowest BCUT2D eigenvalue weighted by atomic mass is 10.1. The molecule has 0 aliphatic heterocycles. The van der Waals surface area contributed by atoms with Gasteiger partial charge in [-0.3, -0.25) is 4.79 Å². The summed E-state index contributed by atoms with van der Waals surface area (Å²) in [4.78, 5) is 11.7. The molecule has 0 saturated carbocycles. The van der Waals surface area contributed by atoms with Crippen molar-refractivity contribution in [1.29, 1.82) is 0 Å². The predicted molar refractivity (Wildman–Crippen MR) is 64.8 cm³/mol. The summed E-state index contributed by atoms with van der Waals surface area (Å²) in [6.45, 7) is 5.03. The molecule has 0 bridgehead atoms. The van der Waals surface area contributed by atoms with Crippen LogP contribution in [0.4, 0.5) is 0 Å². The molecule has 3 heteroatoms. The standard InChI is InChI=1S/C11H22BrNO/c1-3-5-6-7-8-11(14)13-9-10(12)4-2/h10H,3-9H2,1-2H3,(H,13,14). The van der Waals surface area contributed by atoms with Crippen molar-refractivity contribution in [2.45, 2.75) is 57.2 Å². The smallest absolute Gasteiger partial charge is 0.220 e. The first-order chi connectivity index (χ1) is 6.70. The van der Waals surface area contributed by atoms with Crippen molar-refractivity contribution < 1.29 is 4.79 Å². The molecule has 0 heterocycles. The van der Waals surface area contributed by atoms with Crippen LogP contribution >= 0.6 is 15.9 Å². The second-order valence-electron chi connectivity index (χ2n) is 3.62. The third-order valence-electron chi connectivity index (χ3n) is 2.22. The molecule has 0 fully saturated rings. The van der Waals surface area contributed by atoms with Gasteiger partial charge < -0.3 is 5.32 Å². The maximum Gasteiger partial charge on any atom is 0.220 e. The first kappa shape index (κ1) is 13.9. The number of rotatable bonds is 8. The van der Waals surface area contributed by atoms with Gasteiger partial charge in [-0.2, -0.15) is 0 Å². The third kappa shape index (κ3) is 8.54. The van der Waals surface area contributed by atoms with Crippen molar-refractivity contribution in [2.75, 3.05) is 6.54 Å². The fraction of sp³-hybridized carbons (Fsp3) is 0.909. The molecule has 0 aliphatic carbocycles. The zero-order chi connectivity index (χ0) is 10.8. The number of nitrogens with one attached hydrogen (secondary N) is 1. The van der Waals surface area contributed by atoms with Crippen LogP contribution in [0.2, 0.25) is 0 Å². The highest BCUT2D eigenvalue weighted by molar-refractivity contribution is 9.09. The van der Waals surface area contributed by atoms with Crippen molar-refractivity contribution in [3.8, 4) is 0 Å². The van der Waals surface area contributed by atoms with Gasteiger partial charge in [0, 0.05) is 17.8 Å². The van der Waals surface area contributed by atoms with E-state index in [2.05, 4.69) is 35.1 Å². The molecule has 84 valence electrons. The fourth-order valence-electron chi connectivity index (χ4n) is 1.17. The molecular weight excluding hydrogens is 242 g/mol. The Kier molecular flexibility index (Phi) is 9.47. The summed E-state index contributed by atoms with van der Waals surface area (Å²) in [6.07, 6.45) is 6.40. The molecule has 0 saturated heterocycles. The van der Waals surface area contributed by atoms with E-state index in [1.807, 2.05) is 0 Å². The number of hydrogen-bond donors (Lipinski definition) is 1. The summed E-state index contributed by atoms with van der Waals surface area (Å²) in [5.41, 5.74) is 0. The van der Waals surface area contributed by atoms with Crippen molar-refractivity contribution in [3.63, 3.8) is 0 Å². The van der Waals surface area contributed by atoms with Crippen LogP contribution in [0, 0.1) is 0 Å². The highest BCUT2D eigenvalue weighted by Crippen LogP contribution is 2.04. The zero-order valence-corrected chi connectivity index (χ0v) is 10.9. The van der Waals surface area contributed by atoms with Gasteiger partial charge in [0.05, 0.1) is 0 Å². The van der Waals surface area contributed by atoms with Crippen LogP contribution in [0.25, 0.3) is 0 Å². The average molecular weight is 264 g/mol. The molecule has 1 amide bonds. The molecule has 1 unspecified atom stereocenters. The monoisotopic (exact) mass is 263 g/mol. The molecule has 0 radical (unpaired) electrons. The number of carbonyl (C=O) groups is 1. The first-order valence-corrected chi connectivity index (χ1v) is 6.53. The van der Waals surface area contributed by atoms with Gasteiger partial charge in [-0.05, 0) is 12.8 Å². The SMILES string of the molecule is CCCCCCC(=O)NCC(Br)CC. The predicted octanol–water partition coefficient (Wildman–Crippen LogP) is 3.25. The minimum Gasteiger partial charge on any atom is -0.355 e. The van der Waals surface area contributed by atoms with Crippen LogP contribution in [0.5, 0.6) is 0 Å². The lowest BCUT2D eigenvalue weighted by Crippen LogP contribution is -2.28. The summed E-state index contributed by atoms with van der Waals surface area (Å²) in [7, 11) is 0. The van der Waals surface area contributed by atoms with E-state index in [4.69, 9.17) is 0 Å². The van der Waals surface area contributed by atoms with Crippen LogP contribution in [0.1, 0.15) is 52.4 Å². The van der Waals surface area contributed by atoms with Crippen molar-refractivity contribution in [2.24, 2.45) is 0 Å². The van der Waals surface area contributed by atoms with E-state index in [0.717, 1.165) is 19.4 Å². The van der Waals surface area contributed by atoms with Gasteiger partial charge in [-0.15, -0.1) is 0 Å². The normalized spacial score (nSPS) is 12.5. The van der Waals surface area contributed by atoms with Gasteiger partial charge in [0.1, 0.15) is 0 Å². The van der Waals surface area contributed by atoms with Crippen molar-refractivity contribution >= 4 is 21.8 Å². The largest absolute Gasteiger partial charge is 0.355 e. The fourth-order valence-corrected chi connectivity index (χ4v) is 1.33. The summed E-state index contributed by atoms with van der Waals surface area (Å²) >= 11 is 3.48. The molecule has 1 N–H and O–H groups in total. The maximum atomic E-state index is 11.3. The number of hydrogen-bond acceptors (Lipinski definition) is 1. The maximum absolute atomic E-state index is 11.3. The highest BCUT2D eigenvalue weighted by atomic mass is 79.9. The van der Waals surface area contributed by atoms with E-state index in [9.17, 15) is 4.79 Å². The Hall–Kier alpha value is -0.0500. The molecule has 0 aromatic heterocycles. The van der Waals surface area contributed by atoms with Crippen LogP contribution < -0.4 is 5.32 Å². The zero-order valence-electron chi connectivity index (χ0n) is 9.31. The van der Waals surface area contributed by atoms with Gasteiger partial charge >= 0.3 is 0 Å². The number of alkyl halides is 1. The van der Waals surface area contributed by atoms with Crippen molar-refractivity contribution in [3.05, 3.63) is 0 Å². The number of amides is 1. The van der Waals surface area contributed by atoms with E-state index in [0.29, 0.717) is 11.2 Å².